The molecule has 3 aromatic rings. The summed E-state index contributed by atoms with van der Waals surface area (Å²) in [5, 5.41) is 0. The van der Waals surface area contributed by atoms with Gasteiger partial charge in [0, 0.05) is 35.2 Å². The number of aromatic nitrogens is 2. The first-order chi connectivity index (χ1) is 19.7. The summed E-state index contributed by atoms with van der Waals surface area (Å²) in [6.45, 7) is 10.4. The van der Waals surface area contributed by atoms with E-state index < -0.39 is 4.75 Å². The standard InChI is InChI=1S/C33H43N3O4S/c1-6-9-10-11-15-22-35(26-18-20-27(21-19-26)41-33(4,5)32(39)40-8-3)31(38)24-36-29(7-2)34-28(23-30(36)37)25-16-13-12-14-17-25/h12-14,16-21,23H,6-11,15,22,24H2,1-5H3. The van der Waals surface area contributed by atoms with Crippen molar-refractivity contribution in [2.75, 3.05) is 18.1 Å². The van der Waals surface area contributed by atoms with Gasteiger partial charge in [0.15, 0.2) is 0 Å². The van der Waals surface area contributed by atoms with Crippen LogP contribution < -0.4 is 10.5 Å². The molecule has 0 fully saturated rings. The topological polar surface area (TPSA) is 81.5 Å². The Morgan fingerprint density at radius 1 is 0.951 bits per heavy atom. The lowest BCUT2D eigenvalue weighted by molar-refractivity contribution is -0.145. The molecule has 0 radical (unpaired) electrons. The normalized spacial score (nSPS) is 11.3. The molecule has 0 saturated heterocycles. The molecule has 2 aromatic carbocycles. The molecule has 0 aliphatic rings. The molecule has 0 aliphatic heterocycles. The van der Waals surface area contributed by atoms with Gasteiger partial charge in [-0.1, -0.05) is 69.9 Å². The van der Waals surface area contributed by atoms with Crippen LogP contribution in [-0.2, 0) is 27.3 Å². The Morgan fingerprint density at radius 2 is 1.63 bits per heavy atom. The molecule has 7 nitrogen and oxygen atoms in total. The van der Waals surface area contributed by atoms with Crippen molar-refractivity contribution in [1.29, 1.82) is 0 Å². The summed E-state index contributed by atoms with van der Waals surface area (Å²) in [7, 11) is 0. The molecule has 0 N–H and O–H groups in total. The van der Waals surface area contributed by atoms with Crippen LogP contribution in [0.25, 0.3) is 11.3 Å². The third kappa shape index (κ3) is 9.05. The number of hydrogen-bond donors (Lipinski definition) is 0. The van der Waals surface area contributed by atoms with E-state index in [0.29, 0.717) is 31.1 Å². The van der Waals surface area contributed by atoms with Crippen LogP contribution in [0.2, 0.25) is 0 Å². The molecule has 1 amide bonds. The Hall–Kier alpha value is -3.39. The lowest BCUT2D eigenvalue weighted by Gasteiger charge is -2.25. The van der Waals surface area contributed by atoms with Gasteiger partial charge in [-0.05, 0) is 51.5 Å². The lowest BCUT2D eigenvalue weighted by Crippen LogP contribution is -2.38. The molecule has 220 valence electrons. The van der Waals surface area contributed by atoms with Crippen molar-refractivity contribution in [2.45, 2.75) is 89.3 Å². The first-order valence-corrected chi connectivity index (χ1v) is 15.4. The number of carbonyl (C=O) groups is 2. The fraction of sp³-hybridized carbons (Fsp3) is 0.455. The lowest BCUT2D eigenvalue weighted by atomic mass is 10.1. The van der Waals surface area contributed by atoms with Gasteiger partial charge >= 0.3 is 5.97 Å². The van der Waals surface area contributed by atoms with Crippen molar-refractivity contribution in [3.63, 3.8) is 0 Å². The SMILES string of the molecule is CCCCCCCN(C(=O)Cn1c(CC)nc(-c2ccccc2)cc1=O)c1ccc(SC(C)(C)C(=O)OCC)cc1. The molecule has 0 atom stereocenters. The Balaban J connectivity index is 1.84. The minimum Gasteiger partial charge on any atom is -0.465 e. The molecule has 0 spiro atoms. The van der Waals surface area contributed by atoms with E-state index >= 15 is 0 Å². The molecule has 1 aromatic heterocycles. The van der Waals surface area contributed by atoms with Crippen molar-refractivity contribution in [1.82, 2.24) is 9.55 Å². The Labute approximate surface area is 248 Å². The average molecular weight is 578 g/mol. The summed E-state index contributed by atoms with van der Waals surface area (Å²) in [4.78, 5) is 46.7. The van der Waals surface area contributed by atoms with E-state index in [4.69, 9.17) is 9.72 Å². The van der Waals surface area contributed by atoms with E-state index in [1.165, 1.54) is 28.8 Å². The molecule has 8 heteroatoms. The van der Waals surface area contributed by atoms with Crippen LogP contribution in [0.1, 0.15) is 72.5 Å². The van der Waals surface area contributed by atoms with Crippen LogP contribution in [0.15, 0.2) is 70.4 Å². The summed E-state index contributed by atoms with van der Waals surface area (Å²) in [6, 6.07) is 18.8. The van der Waals surface area contributed by atoms with Gasteiger partial charge in [0.25, 0.3) is 5.56 Å². The van der Waals surface area contributed by atoms with Gasteiger partial charge < -0.3 is 9.64 Å². The molecule has 0 saturated carbocycles. The molecule has 1 heterocycles. The molecule has 0 aliphatic carbocycles. The fourth-order valence-electron chi connectivity index (χ4n) is 4.58. The minimum atomic E-state index is -0.733. The van der Waals surface area contributed by atoms with Gasteiger partial charge in [-0.2, -0.15) is 0 Å². The highest BCUT2D eigenvalue weighted by atomic mass is 32.2. The van der Waals surface area contributed by atoms with E-state index in [-0.39, 0.29) is 24.0 Å². The molecule has 41 heavy (non-hydrogen) atoms. The highest BCUT2D eigenvalue weighted by Crippen LogP contribution is 2.34. The van der Waals surface area contributed by atoms with Crippen LogP contribution in [-0.4, -0.2) is 39.3 Å². The number of amides is 1. The number of nitrogens with zero attached hydrogens (tertiary/aromatic N) is 3. The van der Waals surface area contributed by atoms with Gasteiger partial charge in [0.1, 0.15) is 17.1 Å². The van der Waals surface area contributed by atoms with Crippen LogP contribution in [0.3, 0.4) is 0 Å². The zero-order valence-electron chi connectivity index (χ0n) is 25.0. The highest BCUT2D eigenvalue weighted by Gasteiger charge is 2.30. The second-order valence-corrected chi connectivity index (χ2v) is 12.2. The highest BCUT2D eigenvalue weighted by molar-refractivity contribution is 8.01. The minimum absolute atomic E-state index is 0.0779. The molecular weight excluding hydrogens is 534 g/mol. The van der Waals surface area contributed by atoms with Gasteiger partial charge in [0.2, 0.25) is 5.91 Å². The Bertz CT molecular complexity index is 1340. The van der Waals surface area contributed by atoms with E-state index in [2.05, 4.69) is 6.92 Å². The Kier molecular flexibility index (Phi) is 12.2. The van der Waals surface area contributed by atoms with Crippen molar-refractivity contribution >= 4 is 29.3 Å². The third-order valence-corrected chi connectivity index (χ3v) is 8.03. The van der Waals surface area contributed by atoms with Crippen LogP contribution in [0.5, 0.6) is 0 Å². The summed E-state index contributed by atoms with van der Waals surface area (Å²) >= 11 is 1.43. The number of aryl methyl sites for hydroxylation is 1. The van der Waals surface area contributed by atoms with Crippen LogP contribution in [0.4, 0.5) is 5.69 Å². The largest absolute Gasteiger partial charge is 0.465 e. The van der Waals surface area contributed by atoms with E-state index in [0.717, 1.165) is 41.8 Å². The maximum atomic E-state index is 13.8. The Morgan fingerprint density at radius 3 is 2.27 bits per heavy atom. The predicted molar refractivity (Wildman–Crippen MR) is 167 cm³/mol. The number of esters is 1. The second kappa shape index (κ2) is 15.6. The molecular formula is C33H43N3O4S. The first-order valence-electron chi connectivity index (χ1n) is 14.6. The number of carbonyl (C=O) groups excluding carboxylic acids is 2. The van der Waals surface area contributed by atoms with Crippen LogP contribution >= 0.6 is 11.8 Å². The predicted octanol–water partition coefficient (Wildman–Crippen LogP) is 6.91. The number of benzene rings is 2. The summed E-state index contributed by atoms with van der Waals surface area (Å²) in [5.41, 5.74) is 2.02. The number of ether oxygens (including phenoxy) is 1. The van der Waals surface area contributed by atoms with Gasteiger partial charge in [-0.3, -0.25) is 19.0 Å². The van der Waals surface area contributed by atoms with E-state index in [1.807, 2.05) is 75.4 Å². The summed E-state index contributed by atoms with van der Waals surface area (Å²) in [6.07, 6.45) is 5.89. The summed E-state index contributed by atoms with van der Waals surface area (Å²) in [5.74, 6) is 0.168. The van der Waals surface area contributed by atoms with Gasteiger partial charge in [0.05, 0.1) is 12.3 Å². The monoisotopic (exact) mass is 577 g/mol. The maximum Gasteiger partial charge on any atom is 0.321 e. The van der Waals surface area contributed by atoms with E-state index in [1.54, 1.807) is 11.8 Å². The van der Waals surface area contributed by atoms with Crippen molar-refractivity contribution in [3.8, 4) is 11.3 Å². The number of unbranched alkanes of at least 4 members (excludes halogenated alkanes) is 4. The average Bonchev–Trinajstić information content (AvgIpc) is 2.96. The fourth-order valence-corrected chi connectivity index (χ4v) is 5.58. The van der Waals surface area contributed by atoms with Crippen molar-refractivity contribution < 1.29 is 14.3 Å². The first kappa shape index (κ1) is 32.1. The van der Waals surface area contributed by atoms with Crippen molar-refractivity contribution in [2.24, 2.45) is 0 Å². The molecule has 3 rings (SSSR count). The maximum absolute atomic E-state index is 13.8. The quantitative estimate of drug-likeness (QED) is 0.111. The number of thioether (sulfide) groups is 1. The summed E-state index contributed by atoms with van der Waals surface area (Å²) < 4.78 is 5.97. The number of hydrogen-bond acceptors (Lipinski definition) is 6. The zero-order valence-corrected chi connectivity index (χ0v) is 25.8. The zero-order chi connectivity index (χ0) is 29.8. The van der Waals surface area contributed by atoms with E-state index in [9.17, 15) is 14.4 Å². The molecule has 0 unspecified atom stereocenters. The number of anilines is 1. The second-order valence-electron chi connectivity index (χ2n) is 10.5. The van der Waals surface area contributed by atoms with Crippen LogP contribution in [0, 0.1) is 0 Å². The molecule has 0 bridgehead atoms. The van der Waals surface area contributed by atoms with Crippen molar-refractivity contribution in [3.05, 3.63) is 76.8 Å². The number of rotatable bonds is 15. The van der Waals surface area contributed by atoms with Gasteiger partial charge in [-0.15, -0.1) is 11.8 Å². The third-order valence-electron chi connectivity index (χ3n) is 6.84. The smallest absolute Gasteiger partial charge is 0.321 e. The van der Waals surface area contributed by atoms with Gasteiger partial charge in [-0.25, -0.2) is 4.98 Å².